The van der Waals surface area contributed by atoms with Gasteiger partial charge in [-0.05, 0) is 37.2 Å². The van der Waals surface area contributed by atoms with Gasteiger partial charge in [0.2, 0.25) is 0 Å². The summed E-state index contributed by atoms with van der Waals surface area (Å²) in [7, 11) is 2.03. The van der Waals surface area contributed by atoms with Crippen molar-refractivity contribution in [3.63, 3.8) is 0 Å². The number of carbonyl (C=O) groups is 1. The molecule has 0 aliphatic heterocycles. The predicted molar refractivity (Wildman–Crippen MR) is 81.7 cm³/mol. The van der Waals surface area contributed by atoms with E-state index < -0.39 is 5.97 Å². The molecule has 1 N–H and O–H groups in total. The summed E-state index contributed by atoms with van der Waals surface area (Å²) in [6, 6.07) is 9.78. The monoisotopic (exact) mass is 285 g/mol. The SMILES string of the molecule is Cc1occc1CN(C)Cc1ccccc1C=CC(=O)O. The maximum Gasteiger partial charge on any atom is 0.328 e. The first-order valence-corrected chi connectivity index (χ1v) is 6.76. The van der Waals surface area contributed by atoms with Crippen LogP contribution in [0.15, 0.2) is 47.1 Å². The molecule has 0 aliphatic rings. The highest BCUT2D eigenvalue weighted by Gasteiger charge is 2.08. The van der Waals surface area contributed by atoms with E-state index in [1.54, 1.807) is 12.3 Å². The van der Waals surface area contributed by atoms with Crippen LogP contribution in [0, 0.1) is 6.92 Å². The van der Waals surface area contributed by atoms with Gasteiger partial charge in [0.05, 0.1) is 6.26 Å². The topological polar surface area (TPSA) is 53.7 Å². The highest BCUT2D eigenvalue weighted by atomic mass is 16.4. The van der Waals surface area contributed by atoms with Crippen LogP contribution in [-0.2, 0) is 17.9 Å². The lowest BCUT2D eigenvalue weighted by molar-refractivity contribution is -0.131. The number of furan rings is 1. The largest absolute Gasteiger partial charge is 0.478 e. The van der Waals surface area contributed by atoms with Crippen molar-refractivity contribution in [1.82, 2.24) is 4.90 Å². The van der Waals surface area contributed by atoms with Crippen molar-refractivity contribution in [2.45, 2.75) is 20.0 Å². The third kappa shape index (κ3) is 4.33. The van der Waals surface area contributed by atoms with Gasteiger partial charge in [-0.25, -0.2) is 4.79 Å². The van der Waals surface area contributed by atoms with Crippen LogP contribution < -0.4 is 0 Å². The van der Waals surface area contributed by atoms with Crippen LogP contribution in [0.1, 0.15) is 22.5 Å². The smallest absolute Gasteiger partial charge is 0.328 e. The van der Waals surface area contributed by atoms with Gasteiger partial charge in [-0.2, -0.15) is 0 Å². The maximum atomic E-state index is 10.6. The predicted octanol–water partition coefficient (Wildman–Crippen LogP) is 3.32. The third-order valence-electron chi connectivity index (χ3n) is 3.31. The second-order valence-electron chi connectivity index (χ2n) is 5.04. The number of benzene rings is 1. The molecule has 110 valence electrons. The fourth-order valence-corrected chi connectivity index (χ4v) is 2.21. The minimum Gasteiger partial charge on any atom is -0.478 e. The lowest BCUT2D eigenvalue weighted by Gasteiger charge is -2.17. The highest BCUT2D eigenvalue weighted by molar-refractivity contribution is 5.85. The Balaban J connectivity index is 2.08. The Hall–Kier alpha value is -2.33. The van der Waals surface area contributed by atoms with Gasteiger partial charge in [-0.3, -0.25) is 4.90 Å². The molecule has 0 amide bonds. The number of hydrogen-bond donors (Lipinski definition) is 1. The van der Waals surface area contributed by atoms with Crippen LogP contribution in [0.2, 0.25) is 0 Å². The van der Waals surface area contributed by atoms with Crippen molar-refractivity contribution in [1.29, 1.82) is 0 Å². The van der Waals surface area contributed by atoms with Gasteiger partial charge in [-0.1, -0.05) is 24.3 Å². The summed E-state index contributed by atoms with van der Waals surface area (Å²) in [5, 5.41) is 8.74. The first kappa shape index (κ1) is 15.1. The molecule has 0 atom stereocenters. The molecule has 1 aromatic heterocycles. The number of carboxylic acids is 1. The van der Waals surface area contributed by atoms with Crippen LogP contribution in [0.4, 0.5) is 0 Å². The Morgan fingerprint density at radius 3 is 2.62 bits per heavy atom. The fourth-order valence-electron chi connectivity index (χ4n) is 2.21. The average Bonchev–Trinajstić information content (AvgIpc) is 2.83. The van der Waals surface area contributed by atoms with Gasteiger partial charge in [0.1, 0.15) is 5.76 Å². The molecular formula is C17H19NO3. The summed E-state index contributed by atoms with van der Waals surface area (Å²) in [5.41, 5.74) is 3.19. The van der Waals surface area contributed by atoms with E-state index in [-0.39, 0.29) is 0 Å². The summed E-state index contributed by atoms with van der Waals surface area (Å²) in [4.78, 5) is 12.8. The van der Waals surface area contributed by atoms with Crippen molar-refractivity contribution in [2.24, 2.45) is 0 Å². The summed E-state index contributed by atoms with van der Waals surface area (Å²) in [6.07, 6.45) is 4.50. The Morgan fingerprint density at radius 2 is 1.95 bits per heavy atom. The number of nitrogens with zero attached hydrogens (tertiary/aromatic N) is 1. The number of rotatable bonds is 6. The zero-order valence-electron chi connectivity index (χ0n) is 12.2. The fraction of sp³-hybridized carbons (Fsp3) is 0.235. The summed E-state index contributed by atoms with van der Waals surface area (Å²) >= 11 is 0. The van der Waals surface area contributed by atoms with Crippen LogP contribution >= 0.6 is 0 Å². The van der Waals surface area contributed by atoms with E-state index in [9.17, 15) is 4.79 Å². The van der Waals surface area contributed by atoms with Crippen molar-refractivity contribution in [3.05, 3.63) is 65.1 Å². The second kappa shape index (κ2) is 6.90. The van der Waals surface area contributed by atoms with Gasteiger partial charge in [0.25, 0.3) is 0 Å². The molecule has 1 heterocycles. The Morgan fingerprint density at radius 1 is 1.24 bits per heavy atom. The Labute approximate surface area is 124 Å². The molecule has 0 spiro atoms. The molecule has 0 unspecified atom stereocenters. The zero-order valence-corrected chi connectivity index (χ0v) is 12.2. The van der Waals surface area contributed by atoms with Crippen molar-refractivity contribution in [3.8, 4) is 0 Å². The van der Waals surface area contributed by atoms with Crippen molar-refractivity contribution in [2.75, 3.05) is 7.05 Å². The maximum absolute atomic E-state index is 10.6. The minimum atomic E-state index is -0.938. The van der Waals surface area contributed by atoms with E-state index >= 15 is 0 Å². The lowest BCUT2D eigenvalue weighted by atomic mass is 10.1. The Bertz CT molecular complexity index is 643. The van der Waals surface area contributed by atoms with E-state index in [1.165, 1.54) is 6.08 Å². The van der Waals surface area contributed by atoms with Crippen LogP contribution in [0.25, 0.3) is 6.08 Å². The molecule has 4 nitrogen and oxygen atoms in total. The molecule has 0 radical (unpaired) electrons. The molecule has 0 aliphatic carbocycles. The lowest BCUT2D eigenvalue weighted by Crippen LogP contribution is -2.18. The molecule has 0 saturated heterocycles. The molecule has 0 saturated carbocycles. The summed E-state index contributed by atoms with van der Waals surface area (Å²) in [5.74, 6) is -0.00640. The number of hydrogen-bond acceptors (Lipinski definition) is 3. The molecule has 4 heteroatoms. The number of aryl methyl sites for hydroxylation is 1. The zero-order chi connectivity index (χ0) is 15.2. The molecule has 2 aromatic rings. The summed E-state index contributed by atoms with van der Waals surface area (Å²) < 4.78 is 5.30. The van der Waals surface area contributed by atoms with E-state index in [4.69, 9.17) is 9.52 Å². The molecule has 0 bridgehead atoms. The molecule has 2 rings (SSSR count). The van der Waals surface area contributed by atoms with Gasteiger partial charge < -0.3 is 9.52 Å². The van der Waals surface area contributed by atoms with Gasteiger partial charge >= 0.3 is 5.97 Å². The minimum absolute atomic E-state index is 0.741. The first-order valence-electron chi connectivity index (χ1n) is 6.76. The average molecular weight is 285 g/mol. The molecule has 21 heavy (non-hydrogen) atoms. The van der Waals surface area contributed by atoms with Crippen LogP contribution in [0.5, 0.6) is 0 Å². The molecule has 1 aromatic carbocycles. The normalized spacial score (nSPS) is 11.4. The van der Waals surface area contributed by atoms with E-state index in [0.29, 0.717) is 0 Å². The quantitative estimate of drug-likeness (QED) is 0.827. The van der Waals surface area contributed by atoms with Gasteiger partial charge in [0.15, 0.2) is 0 Å². The third-order valence-corrected chi connectivity index (χ3v) is 3.31. The molecule has 0 fully saturated rings. The van der Waals surface area contributed by atoms with Gasteiger partial charge in [0, 0.05) is 24.7 Å². The van der Waals surface area contributed by atoms with Crippen LogP contribution in [0.3, 0.4) is 0 Å². The van der Waals surface area contributed by atoms with Crippen molar-refractivity contribution >= 4 is 12.0 Å². The number of aliphatic carboxylic acids is 1. The van der Waals surface area contributed by atoms with Crippen molar-refractivity contribution < 1.29 is 14.3 Å². The van der Waals surface area contributed by atoms with Crippen LogP contribution in [-0.4, -0.2) is 23.0 Å². The van der Waals surface area contributed by atoms with E-state index in [1.807, 2.05) is 44.3 Å². The first-order chi connectivity index (χ1) is 10.1. The molecular weight excluding hydrogens is 266 g/mol. The Kier molecular flexibility index (Phi) is 4.95. The second-order valence-corrected chi connectivity index (χ2v) is 5.04. The van der Waals surface area contributed by atoms with Gasteiger partial charge in [-0.15, -0.1) is 0 Å². The van der Waals surface area contributed by atoms with E-state index in [2.05, 4.69) is 4.90 Å². The van der Waals surface area contributed by atoms with E-state index in [0.717, 1.165) is 35.5 Å². The standard InChI is InChI=1S/C17H19NO3/c1-13-15(9-10-21-13)11-18(2)12-16-6-4-3-5-14(16)7-8-17(19)20/h3-10H,11-12H2,1-2H3,(H,19,20). The summed E-state index contributed by atoms with van der Waals surface area (Å²) in [6.45, 7) is 3.48. The highest BCUT2D eigenvalue weighted by Crippen LogP contribution is 2.16. The number of carboxylic acid groups (broad SMARTS) is 1.